The lowest BCUT2D eigenvalue weighted by molar-refractivity contribution is 0.264. The average Bonchev–Trinajstić information content (AvgIpc) is 2.28. The Hall–Kier alpha value is -1.06. The van der Waals surface area contributed by atoms with Crippen molar-refractivity contribution in [3.05, 3.63) is 29.8 Å². The van der Waals surface area contributed by atoms with E-state index in [1.165, 1.54) is 11.3 Å². The molecule has 1 aromatic rings. The molecule has 0 amide bonds. The molecule has 2 N–H and O–H groups in total. The van der Waals surface area contributed by atoms with Crippen molar-refractivity contribution in [2.75, 3.05) is 32.1 Å². The minimum absolute atomic E-state index is 0.170. The van der Waals surface area contributed by atoms with E-state index in [2.05, 4.69) is 67.7 Å². The Labute approximate surface area is 104 Å². The van der Waals surface area contributed by atoms with Crippen molar-refractivity contribution in [1.29, 1.82) is 0 Å². The third kappa shape index (κ3) is 2.99. The molecular weight excluding hydrogens is 210 g/mol. The van der Waals surface area contributed by atoms with Crippen LogP contribution in [0.2, 0.25) is 0 Å². The van der Waals surface area contributed by atoms with Crippen LogP contribution in [0.15, 0.2) is 24.3 Å². The SMILES string of the molecule is CN(C)c1ccc(C2CNCC(C)(C)N2)cc1. The quantitative estimate of drug-likeness (QED) is 0.815. The van der Waals surface area contributed by atoms with Crippen LogP contribution in [0.25, 0.3) is 0 Å². The van der Waals surface area contributed by atoms with E-state index in [-0.39, 0.29) is 5.54 Å². The summed E-state index contributed by atoms with van der Waals surface area (Å²) in [6.45, 7) is 6.50. The Morgan fingerprint density at radius 1 is 1.18 bits per heavy atom. The van der Waals surface area contributed by atoms with Gasteiger partial charge in [-0.15, -0.1) is 0 Å². The van der Waals surface area contributed by atoms with Gasteiger partial charge in [-0.25, -0.2) is 0 Å². The number of nitrogens with one attached hydrogen (secondary N) is 2. The van der Waals surface area contributed by atoms with Gasteiger partial charge in [0.15, 0.2) is 0 Å². The van der Waals surface area contributed by atoms with Gasteiger partial charge < -0.3 is 15.5 Å². The first-order valence-electron chi connectivity index (χ1n) is 6.24. The fraction of sp³-hybridized carbons (Fsp3) is 0.571. The fourth-order valence-corrected chi connectivity index (χ4v) is 2.31. The van der Waals surface area contributed by atoms with Gasteiger partial charge in [0.25, 0.3) is 0 Å². The third-order valence-corrected chi connectivity index (χ3v) is 3.29. The van der Waals surface area contributed by atoms with Crippen LogP contribution in [0, 0.1) is 0 Å². The van der Waals surface area contributed by atoms with E-state index in [0.29, 0.717) is 6.04 Å². The average molecular weight is 233 g/mol. The lowest BCUT2D eigenvalue weighted by Gasteiger charge is -2.38. The standard InChI is InChI=1S/C14H23N3/c1-14(2)10-15-9-13(16-14)11-5-7-12(8-6-11)17(3)4/h5-8,13,15-16H,9-10H2,1-4H3. The van der Waals surface area contributed by atoms with Crippen molar-refractivity contribution in [2.45, 2.75) is 25.4 Å². The normalized spacial score (nSPS) is 23.4. The van der Waals surface area contributed by atoms with Crippen LogP contribution in [0.4, 0.5) is 5.69 Å². The number of anilines is 1. The van der Waals surface area contributed by atoms with Crippen LogP contribution in [-0.4, -0.2) is 32.7 Å². The minimum atomic E-state index is 0.170. The second-order valence-corrected chi connectivity index (χ2v) is 5.70. The van der Waals surface area contributed by atoms with Gasteiger partial charge in [0.1, 0.15) is 0 Å². The van der Waals surface area contributed by atoms with Gasteiger partial charge in [-0.3, -0.25) is 0 Å². The topological polar surface area (TPSA) is 27.3 Å². The maximum atomic E-state index is 3.68. The molecule has 3 heteroatoms. The van der Waals surface area contributed by atoms with Gasteiger partial charge in [-0.1, -0.05) is 12.1 Å². The second kappa shape index (κ2) is 4.67. The highest BCUT2D eigenvalue weighted by molar-refractivity contribution is 5.46. The predicted octanol–water partition coefficient (Wildman–Crippen LogP) is 1.77. The summed E-state index contributed by atoms with van der Waals surface area (Å²) in [6, 6.07) is 9.21. The molecule has 1 aliphatic rings. The fourth-order valence-electron chi connectivity index (χ4n) is 2.31. The largest absolute Gasteiger partial charge is 0.378 e. The highest BCUT2D eigenvalue weighted by Gasteiger charge is 2.27. The van der Waals surface area contributed by atoms with Crippen molar-refractivity contribution in [1.82, 2.24) is 10.6 Å². The number of benzene rings is 1. The Bertz CT molecular complexity index is 368. The molecule has 0 radical (unpaired) electrons. The van der Waals surface area contributed by atoms with E-state index in [0.717, 1.165) is 13.1 Å². The summed E-state index contributed by atoms with van der Waals surface area (Å²) in [6.07, 6.45) is 0. The van der Waals surface area contributed by atoms with Crippen molar-refractivity contribution in [2.24, 2.45) is 0 Å². The molecule has 17 heavy (non-hydrogen) atoms. The lowest BCUT2D eigenvalue weighted by Crippen LogP contribution is -2.56. The Morgan fingerprint density at radius 3 is 2.35 bits per heavy atom. The molecule has 1 atom stereocenters. The zero-order valence-electron chi connectivity index (χ0n) is 11.2. The van der Waals surface area contributed by atoms with Crippen molar-refractivity contribution >= 4 is 5.69 Å². The van der Waals surface area contributed by atoms with Crippen LogP contribution in [0.3, 0.4) is 0 Å². The second-order valence-electron chi connectivity index (χ2n) is 5.70. The summed E-state index contributed by atoms with van der Waals surface area (Å²) in [5.74, 6) is 0. The van der Waals surface area contributed by atoms with Crippen molar-refractivity contribution < 1.29 is 0 Å². The minimum Gasteiger partial charge on any atom is -0.378 e. The van der Waals surface area contributed by atoms with Crippen LogP contribution in [0.1, 0.15) is 25.5 Å². The lowest BCUT2D eigenvalue weighted by atomic mass is 9.96. The molecule has 94 valence electrons. The first-order chi connectivity index (χ1) is 7.98. The molecule has 2 rings (SSSR count). The zero-order valence-corrected chi connectivity index (χ0v) is 11.2. The van der Waals surface area contributed by atoms with Gasteiger partial charge in [0.2, 0.25) is 0 Å². The van der Waals surface area contributed by atoms with E-state index in [4.69, 9.17) is 0 Å². The predicted molar refractivity (Wildman–Crippen MR) is 73.6 cm³/mol. The summed E-state index contributed by atoms with van der Waals surface area (Å²) in [4.78, 5) is 2.13. The molecule has 1 aromatic carbocycles. The molecule has 1 saturated heterocycles. The van der Waals surface area contributed by atoms with Crippen LogP contribution >= 0.6 is 0 Å². The van der Waals surface area contributed by atoms with E-state index in [9.17, 15) is 0 Å². The monoisotopic (exact) mass is 233 g/mol. The maximum absolute atomic E-state index is 3.68. The van der Waals surface area contributed by atoms with E-state index in [1.807, 2.05) is 0 Å². The Kier molecular flexibility index (Phi) is 3.40. The summed E-state index contributed by atoms with van der Waals surface area (Å²) < 4.78 is 0. The van der Waals surface area contributed by atoms with E-state index >= 15 is 0 Å². The molecule has 0 spiro atoms. The molecule has 1 aliphatic heterocycles. The number of hydrogen-bond acceptors (Lipinski definition) is 3. The molecular formula is C14H23N3. The first-order valence-corrected chi connectivity index (χ1v) is 6.24. The van der Waals surface area contributed by atoms with Gasteiger partial charge in [-0.05, 0) is 31.5 Å². The molecule has 3 nitrogen and oxygen atoms in total. The molecule has 1 fully saturated rings. The van der Waals surface area contributed by atoms with Gasteiger partial charge in [0.05, 0.1) is 0 Å². The van der Waals surface area contributed by atoms with Crippen LogP contribution in [-0.2, 0) is 0 Å². The van der Waals surface area contributed by atoms with Crippen molar-refractivity contribution in [3.8, 4) is 0 Å². The smallest absolute Gasteiger partial charge is 0.0451 e. The van der Waals surface area contributed by atoms with Gasteiger partial charge in [-0.2, -0.15) is 0 Å². The maximum Gasteiger partial charge on any atom is 0.0451 e. The van der Waals surface area contributed by atoms with Gasteiger partial charge in [0, 0.05) is 44.5 Å². The van der Waals surface area contributed by atoms with Crippen LogP contribution in [0.5, 0.6) is 0 Å². The zero-order chi connectivity index (χ0) is 12.5. The van der Waals surface area contributed by atoms with E-state index in [1.54, 1.807) is 0 Å². The molecule has 1 heterocycles. The van der Waals surface area contributed by atoms with Crippen LogP contribution < -0.4 is 15.5 Å². The summed E-state index contributed by atoms with van der Waals surface area (Å²) in [7, 11) is 4.14. The summed E-state index contributed by atoms with van der Waals surface area (Å²) >= 11 is 0. The highest BCUT2D eigenvalue weighted by atomic mass is 15.1. The van der Waals surface area contributed by atoms with E-state index < -0.39 is 0 Å². The Balaban J connectivity index is 2.12. The molecule has 0 bridgehead atoms. The Morgan fingerprint density at radius 2 is 1.82 bits per heavy atom. The first kappa shape index (κ1) is 12.4. The van der Waals surface area contributed by atoms with Gasteiger partial charge >= 0.3 is 0 Å². The van der Waals surface area contributed by atoms with Crippen molar-refractivity contribution in [3.63, 3.8) is 0 Å². The summed E-state index contributed by atoms with van der Waals surface area (Å²) in [5.41, 5.74) is 2.77. The molecule has 0 aliphatic carbocycles. The number of hydrogen-bond donors (Lipinski definition) is 2. The highest BCUT2D eigenvalue weighted by Crippen LogP contribution is 2.22. The number of rotatable bonds is 2. The number of nitrogens with zero attached hydrogens (tertiary/aromatic N) is 1. The molecule has 1 unspecified atom stereocenters. The molecule has 0 saturated carbocycles. The molecule has 0 aromatic heterocycles. The third-order valence-electron chi connectivity index (χ3n) is 3.29. The number of piperazine rings is 1. The summed E-state index contributed by atoms with van der Waals surface area (Å²) in [5, 5.41) is 7.17.